The Morgan fingerprint density at radius 2 is 1.83 bits per heavy atom. The van der Waals surface area contributed by atoms with Crippen LogP contribution < -0.4 is 10.6 Å². The minimum Gasteiger partial charge on any atom is -0.326 e. The van der Waals surface area contributed by atoms with Crippen LogP contribution in [0.4, 0.5) is 13.2 Å². The van der Waals surface area contributed by atoms with Gasteiger partial charge in [0.25, 0.3) is 0 Å². The van der Waals surface area contributed by atoms with Crippen molar-refractivity contribution in [1.82, 2.24) is 19.7 Å². The van der Waals surface area contributed by atoms with Crippen LogP contribution in [-0.2, 0) is 21.1 Å². The molecule has 0 amide bonds. The number of rotatable bonds is 4. The quantitative estimate of drug-likeness (QED) is 0.205. The third-order valence-electron chi connectivity index (χ3n) is 4.64. The van der Waals surface area contributed by atoms with Gasteiger partial charge in [0.15, 0.2) is 8.07 Å². The standard InChI is InChI=1S/C21H15F3N4Si.Pt/c1-29(2,19-7-3-6-17(26-19)15-5-4-11-25-21(15)24)20-10-12-28(27-20)18-9-8-14(22)13-16(18)23;/h3-4,6-8,10-13H,1-2H3;/q-2;+2. The van der Waals surface area contributed by atoms with Gasteiger partial charge in [-0.3, -0.25) is 13.5 Å². The normalized spacial score (nSPS) is 11.2. The van der Waals surface area contributed by atoms with Crippen molar-refractivity contribution in [3.63, 3.8) is 0 Å². The van der Waals surface area contributed by atoms with Gasteiger partial charge in [-0.2, -0.15) is 11.2 Å². The second-order valence-corrected chi connectivity index (χ2v) is 11.2. The first kappa shape index (κ1) is 22.1. The predicted octanol–water partition coefficient (Wildman–Crippen LogP) is 3.17. The van der Waals surface area contributed by atoms with Gasteiger partial charge in [0.2, 0.25) is 0 Å². The molecular formula is C21H15F3N4PtSi. The van der Waals surface area contributed by atoms with Crippen LogP contribution in [0.2, 0.25) is 13.1 Å². The fraction of sp³-hybridized carbons (Fsp3) is 0.0952. The Morgan fingerprint density at radius 1 is 1.03 bits per heavy atom. The van der Waals surface area contributed by atoms with E-state index in [0.29, 0.717) is 5.69 Å². The number of hydrogen-bond acceptors (Lipinski definition) is 3. The maximum atomic E-state index is 14.1. The summed E-state index contributed by atoms with van der Waals surface area (Å²) in [5, 5.41) is 6.01. The summed E-state index contributed by atoms with van der Waals surface area (Å²) in [4.78, 5) is 8.28. The van der Waals surface area contributed by atoms with E-state index in [2.05, 4.69) is 27.2 Å². The Morgan fingerprint density at radius 3 is 2.57 bits per heavy atom. The second kappa shape index (κ2) is 8.66. The summed E-state index contributed by atoms with van der Waals surface area (Å²) in [6.07, 6.45) is 2.94. The van der Waals surface area contributed by atoms with Gasteiger partial charge in [0.05, 0.1) is 5.32 Å². The van der Waals surface area contributed by atoms with Gasteiger partial charge in [-0.25, -0.2) is 4.39 Å². The molecule has 0 spiro atoms. The first-order valence-electron chi connectivity index (χ1n) is 8.79. The van der Waals surface area contributed by atoms with Crippen LogP contribution in [0.1, 0.15) is 0 Å². The third kappa shape index (κ3) is 4.15. The van der Waals surface area contributed by atoms with E-state index in [1.54, 1.807) is 24.4 Å². The molecule has 154 valence electrons. The first-order chi connectivity index (χ1) is 13.9. The van der Waals surface area contributed by atoms with Gasteiger partial charge in [-0.05, 0) is 23.5 Å². The predicted molar refractivity (Wildman–Crippen MR) is 105 cm³/mol. The van der Waals surface area contributed by atoms with Crippen LogP contribution in [-0.4, -0.2) is 27.8 Å². The summed E-state index contributed by atoms with van der Waals surface area (Å²) in [5.74, 6) is -2.08. The molecule has 3 aromatic heterocycles. The van der Waals surface area contributed by atoms with E-state index in [1.807, 2.05) is 19.2 Å². The van der Waals surface area contributed by atoms with Gasteiger partial charge in [0.1, 0.15) is 5.95 Å². The summed E-state index contributed by atoms with van der Waals surface area (Å²) in [6.45, 7) is 4.08. The molecule has 0 saturated heterocycles. The Kier molecular flexibility index (Phi) is 6.38. The van der Waals surface area contributed by atoms with Crippen molar-refractivity contribution >= 4 is 18.7 Å². The molecule has 0 aliphatic carbocycles. The number of pyridine rings is 2. The van der Waals surface area contributed by atoms with E-state index in [1.165, 1.54) is 16.9 Å². The average molecular weight is 604 g/mol. The molecule has 0 bridgehead atoms. The van der Waals surface area contributed by atoms with Crippen LogP contribution in [0.15, 0.2) is 54.9 Å². The summed E-state index contributed by atoms with van der Waals surface area (Å²) in [5.41, 5.74) is 0.676. The van der Waals surface area contributed by atoms with Crippen molar-refractivity contribution in [3.8, 4) is 16.9 Å². The SMILES string of the molecule is C[Si](C)(c1cccc(-c2[c-]ccnc2F)n1)c1ccn(-c2[c-]cc(F)cc2F)n1.[Pt+2]. The zero-order valence-electron chi connectivity index (χ0n) is 15.9. The maximum Gasteiger partial charge on any atom is 2.00 e. The molecule has 3 heterocycles. The van der Waals surface area contributed by atoms with E-state index in [4.69, 9.17) is 0 Å². The second-order valence-electron chi connectivity index (χ2n) is 6.95. The summed E-state index contributed by atoms with van der Waals surface area (Å²) >= 11 is 0. The van der Waals surface area contributed by atoms with Gasteiger partial charge < -0.3 is 9.97 Å². The molecule has 0 atom stereocenters. The fourth-order valence-electron chi connectivity index (χ4n) is 2.97. The summed E-state index contributed by atoms with van der Waals surface area (Å²) in [7, 11) is -2.39. The average Bonchev–Trinajstić information content (AvgIpc) is 3.19. The topological polar surface area (TPSA) is 43.6 Å². The van der Waals surface area contributed by atoms with Crippen LogP contribution in [0, 0.1) is 29.7 Å². The Bertz CT molecular complexity index is 1200. The van der Waals surface area contributed by atoms with E-state index in [0.717, 1.165) is 22.8 Å². The van der Waals surface area contributed by atoms with Crippen molar-refractivity contribution < 1.29 is 34.2 Å². The fourth-order valence-corrected chi connectivity index (χ4v) is 5.00. The van der Waals surface area contributed by atoms with Crippen molar-refractivity contribution in [2.75, 3.05) is 0 Å². The third-order valence-corrected chi connectivity index (χ3v) is 7.74. The van der Waals surface area contributed by atoms with Gasteiger partial charge in [-0.15, -0.1) is 24.3 Å². The summed E-state index contributed by atoms with van der Waals surface area (Å²) in [6, 6.07) is 15.9. The van der Waals surface area contributed by atoms with Crippen LogP contribution in [0.5, 0.6) is 0 Å². The Hall–Kier alpha value is -2.57. The van der Waals surface area contributed by atoms with Crippen molar-refractivity contribution in [2.24, 2.45) is 0 Å². The van der Waals surface area contributed by atoms with Crippen molar-refractivity contribution in [1.29, 1.82) is 0 Å². The van der Waals surface area contributed by atoms with Crippen molar-refractivity contribution in [2.45, 2.75) is 13.1 Å². The van der Waals surface area contributed by atoms with E-state index < -0.39 is 25.7 Å². The molecule has 0 N–H and O–H groups in total. The number of nitrogens with zero attached hydrogens (tertiary/aromatic N) is 4. The first-order valence-corrected chi connectivity index (χ1v) is 11.8. The van der Waals surface area contributed by atoms with Crippen LogP contribution >= 0.6 is 0 Å². The molecule has 0 fully saturated rings. The van der Waals surface area contributed by atoms with Crippen LogP contribution in [0.3, 0.4) is 0 Å². The largest absolute Gasteiger partial charge is 2.00 e. The number of benzene rings is 1. The van der Waals surface area contributed by atoms with Crippen LogP contribution in [0.25, 0.3) is 16.9 Å². The number of halogens is 3. The van der Waals surface area contributed by atoms with Gasteiger partial charge in [-0.1, -0.05) is 37.0 Å². The zero-order valence-corrected chi connectivity index (χ0v) is 19.2. The molecule has 4 aromatic rings. The molecule has 0 unspecified atom stereocenters. The minimum atomic E-state index is -2.39. The molecular weight excluding hydrogens is 588 g/mol. The smallest absolute Gasteiger partial charge is 0.326 e. The monoisotopic (exact) mass is 603 g/mol. The maximum absolute atomic E-state index is 14.1. The molecule has 9 heteroatoms. The molecule has 4 rings (SSSR count). The van der Waals surface area contributed by atoms with Gasteiger partial charge in [0, 0.05) is 23.1 Å². The van der Waals surface area contributed by atoms with E-state index in [9.17, 15) is 13.2 Å². The number of aromatic nitrogens is 4. The van der Waals surface area contributed by atoms with Gasteiger partial charge >= 0.3 is 21.1 Å². The molecule has 0 aliphatic rings. The van der Waals surface area contributed by atoms with Crippen molar-refractivity contribution in [3.05, 3.63) is 84.6 Å². The molecule has 0 aliphatic heterocycles. The molecule has 30 heavy (non-hydrogen) atoms. The van der Waals surface area contributed by atoms with E-state index >= 15 is 0 Å². The zero-order chi connectivity index (χ0) is 20.6. The Balaban J connectivity index is 0.00000256. The molecule has 0 saturated carbocycles. The number of hydrogen-bond donors (Lipinski definition) is 0. The molecule has 4 nitrogen and oxygen atoms in total. The molecule has 1 aromatic carbocycles. The Labute approximate surface area is 187 Å². The summed E-state index contributed by atoms with van der Waals surface area (Å²) < 4.78 is 42.6. The molecule has 0 radical (unpaired) electrons. The minimum absolute atomic E-state index is 0. The van der Waals surface area contributed by atoms with E-state index in [-0.39, 0.29) is 32.3 Å².